The lowest BCUT2D eigenvalue weighted by molar-refractivity contribution is 0.0796. The molecule has 1 amide bonds. The topological polar surface area (TPSA) is 59.5 Å². The number of benzene rings is 1. The Bertz CT molecular complexity index is 584. The third kappa shape index (κ3) is 4.58. The van der Waals surface area contributed by atoms with E-state index >= 15 is 0 Å². The first kappa shape index (κ1) is 17.2. The number of hydrogen-bond donors (Lipinski definition) is 1. The molecule has 1 heterocycles. The molecule has 0 spiro atoms. The van der Waals surface area contributed by atoms with E-state index in [1.54, 1.807) is 30.1 Å². The number of amides is 1. The molecule has 21 heavy (non-hydrogen) atoms. The van der Waals surface area contributed by atoms with Gasteiger partial charge in [0.05, 0.1) is 12.1 Å². The number of halogens is 2. The van der Waals surface area contributed by atoms with Crippen LogP contribution < -0.4 is 5.73 Å². The Kier molecular flexibility index (Phi) is 6.39. The average molecular weight is 313 g/mol. The van der Waals surface area contributed by atoms with E-state index in [4.69, 9.17) is 10.2 Å². The van der Waals surface area contributed by atoms with Gasteiger partial charge >= 0.3 is 0 Å². The van der Waals surface area contributed by atoms with Crippen molar-refractivity contribution >= 4 is 18.3 Å². The van der Waals surface area contributed by atoms with Crippen LogP contribution in [0.15, 0.2) is 41.0 Å². The van der Waals surface area contributed by atoms with Gasteiger partial charge in [0.25, 0.3) is 5.91 Å². The Balaban J connectivity index is 0.00000220. The zero-order valence-corrected chi connectivity index (χ0v) is 12.5. The summed E-state index contributed by atoms with van der Waals surface area (Å²) in [6.07, 6.45) is 2.09. The van der Waals surface area contributed by atoms with Gasteiger partial charge < -0.3 is 15.1 Å². The van der Waals surface area contributed by atoms with E-state index < -0.39 is 0 Å². The summed E-state index contributed by atoms with van der Waals surface area (Å²) in [5.41, 5.74) is 6.92. The van der Waals surface area contributed by atoms with Crippen molar-refractivity contribution < 1.29 is 13.6 Å². The summed E-state index contributed by atoms with van der Waals surface area (Å²) in [5.74, 6) is 0.210. The minimum absolute atomic E-state index is 0. The van der Waals surface area contributed by atoms with Crippen molar-refractivity contribution in [1.82, 2.24) is 4.90 Å². The zero-order valence-electron chi connectivity index (χ0n) is 11.7. The molecular formula is C15H18ClFN2O2. The molecule has 0 unspecified atom stereocenters. The van der Waals surface area contributed by atoms with Gasteiger partial charge in [0, 0.05) is 13.6 Å². The van der Waals surface area contributed by atoms with Crippen LogP contribution in [0, 0.1) is 5.82 Å². The largest absolute Gasteiger partial charge is 0.467 e. The van der Waals surface area contributed by atoms with E-state index in [0.717, 1.165) is 5.56 Å². The minimum Gasteiger partial charge on any atom is -0.467 e. The van der Waals surface area contributed by atoms with Crippen LogP contribution in [0.4, 0.5) is 4.39 Å². The van der Waals surface area contributed by atoms with Crippen LogP contribution in [-0.4, -0.2) is 24.4 Å². The molecule has 0 saturated heterocycles. The number of rotatable bonds is 5. The van der Waals surface area contributed by atoms with Gasteiger partial charge in [-0.1, -0.05) is 12.1 Å². The number of hydrogen-bond acceptors (Lipinski definition) is 3. The Labute approximate surface area is 129 Å². The molecule has 114 valence electrons. The van der Waals surface area contributed by atoms with Gasteiger partial charge in [0.1, 0.15) is 17.8 Å². The number of furan rings is 1. The number of likely N-dealkylation sites (N-methyl/N-ethyl adjacent to an activating group) is 1. The van der Waals surface area contributed by atoms with Gasteiger partial charge in [0.2, 0.25) is 0 Å². The van der Waals surface area contributed by atoms with E-state index in [9.17, 15) is 9.18 Å². The maximum atomic E-state index is 12.8. The highest BCUT2D eigenvalue weighted by Crippen LogP contribution is 2.10. The molecule has 0 saturated carbocycles. The lowest BCUT2D eigenvalue weighted by Gasteiger charge is -2.16. The highest BCUT2D eigenvalue weighted by atomic mass is 35.5. The Hall–Kier alpha value is -1.85. The molecule has 1 aromatic carbocycles. The summed E-state index contributed by atoms with van der Waals surface area (Å²) in [6.45, 7) is 0.820. The van der Waals surface area contributed by atoms with E-state index in [-0.39, 0.29) is 30.7 Å². The molecule has 4 nitrogen and oxygen atoms in total. The molecule has 6 heteroatoms. The van der Waals surface area contributed by atoms with Gasteiger partial charge in [-0.05, 0) is 30.2 Å². The van der Waals surface area contributed by atoms with Crippen LogP contribution in [-0.2, 0) is 13.0 Å². The van der Waals surface area contributed by atoms with Crippen molar-refractivity contribution in [3.05, 3.63) is 59.3 Å². The summed E-state index contributed by atoms with van der Waals surface area (Å²) in [6, 6.07) is 7.92. The summed E-state index contributed by atoms with van der Waals surface area (Å²) in [7, 11) is 1.72. The van der Waals surface area contributed by atoms with Gasteiger partial charge in [0.15, 0.2) is 0 Å². The normalized spacial score (nSPS) is 10.0. The van der Waals surface area contributed by atoms with Gasteiger partial charge in [-0.2, -0.15) is 0 Å². The molecule has 0 radical (unpaired) electrons. The maximum absolute atomic E-state index is 12.8. The molecule has 0 aliphatic rings. The molecule has 0 aliphatic carbocycles. The summed E-state index contributed by atoms with van der Waals surface area (Å²) in [4.78, 5) is 13.7. The maximum Gasteiger partial charge on any atom is 0.256 e. The predicted octanol–water partition coefficient (Wildman–Crippen LogP) is 2.61. The molecule has 2 rings (SSSR count). The third-order valence-electron chi connectivity index (χ3n) is 3.10. The first-order valence-electron chi connectivity index (χ1n) is 6.37. The quantitative estimate of drug-likeness (QED) is 0.923. The first-order valence-corrected chi connectivity index (χ1v) is 6.37. The monoisotopic (exact) mass is 312 g/mol. The average Bonchev–Trinajstić information content (AvgIpc) is 2.94. The highest BCUT2D eigenvalue weighted by Gasteiger charge is 2.14. The first-order chi connectivity index (χ1) is 9.60. The van der Waals surface area contributed by atoms with Crippen molar-refractivity contribution in [1.29, 1.82) is 0 Å². The van der Waals surface area contributed by atoms with Crippen molar-refractivity contribution in [2.45, 2.75) is 13.0 Å². The Morgan fingerprint density at radius 2 is 2.00 bits per heavy atom. The Morgan fingerprint density at radius 3 is 2.57 bits per heavy atom. The van der Waals surface area contributed by atoms with Crippen LogP contribution in [0.25, 0.3) is 0 Å². The van der Waals surface area contributed by atoms with Crippen molar-refractivity contribution in [2.24, 2.45) is 5.73 Å². The number of nitrogens with two attached hydrogens (primary N) is 1. The third-order valence-corrected chi connectivity index (χ3v) is 3.10. The van der Waals surface area contributed by atoms with E-state index in [2.05, 4.69) is 0 Å². The van der Waals surface area contributed by atoms with Gasteiger partial charge in [-0.3, -0.25) is 4.79 Å². The van der Waals surface area contributed by atoms with Crippen LogP contribution in [0.5, 0.6) is 0 Å². The molecule has 0 bridgehead atoms. The van der Waals surface area contributed by atoms with E-state index in [1.807, 2.05) is 0 Å². The molecule has 1 aromatic heterocycles. The van der Waals surface area contributed by atoms with E-state index in [1.165, 1.54) is 18.4 Å². The second-order valence-corrected chi connectivity index (χ2v) is 4.61. The highest BCUT2D eigenvalue weighted by molar-refractivity contribution is 5.93. The smallest absolute Gasteiger partial charge is 0.256 e. The van der Waals surface area contributed by atoms with Crippen LogP contribution >= 0.6 is 12.4 Å². The SMILES string of the molecule is CN(CCc1ccc(F)cc1)C(=O)c1coc(CN)c1.Cl. The van der Waals surface area contributed by atoms with E-state index in [0.29, 0.717) is 24.3 Å². The molecule has 2 N–H and O–H groups in total. The minimum atomic E-state index is -0.258. The van der Waals surface area contributed by atoms with Crippen LogP contribution in [0.3, 0.4) is 0 Å². The summed E-state index contributed by atoms with van der Waals surface area (Å²) >= 11 is 0. The van der Waals surface area contributed by atoms with Gasteiger partial charge in [-0.25, -0.2) is 4.39 Å². The summed E-state index contributed by atoms with van der Waals surface area (Å²) in [5, 5.41) is 0. The predicted molar refractivity (Wildman–Crippen MR) is 80.9 cm³/mol. The fraction of sp³-hybridized carbons (Fsp3) is 0.267. The second-order valence-electron chi connectivity index (χ2n) is 4.61. The fourth-order valence-electron chi connectivity index (χ4n) is 1.87. The second kappa shape index (κ2) is 7.81. The molecule has 0 atom stereocenters. The molecule has 0 fully saturated rings. The fourth-order valence-corrected chi connectivity index (χ4v) is 1.87. The Morgan fingerprint density at radius 1 is 1.33 bits per heavy atom. The number of carbonyl (C=O) groups is 1. The lowest BCUT2D eigenvalue weighted by atomic mass is 10.1. The van der Waals surface area contributed by atoms with Crippen molar-refractivity contribution in [3.8, 4) is 0 Å². The van der Waals surface area contributed by atoms with Gasteiger partial charge in [-0.15, -0.1) is 12.4 Å². The summed E-state index contributed by atoms with van der Waals surface area (Å²) < 4.78 is 17.9. The molecular weight excluding hydrogens is 295 g/mol. The molecule has 0 aliphatic heterocycles. The zero-order chi connectivity index (χ0) is 14.5. The van der Waals surface area contributed by atoms with Crippen molar-refractivity contribution in [2.75, 3.05) is 13.6 Å². The molecule has 2 aromatic rings. The van der Waals surface area contributed by atoms with Crippen molar-refractivity contribution in [3.63, 3.8) is 0 Å². The number of nitrogens with zero attached hydrogens (tertiary/aromatic N) is 1. The lowest BCUT2D eigenvalue weighted by Crippen LogP contribution is -2.28. The standard InChI is InChI=1S/C15H17FN2O2.ClH/c1-18(7-6-11-2-4-13(16)5-3-11)15(19)12-8-14(9-17)20-10-12;/h2-5,8,10H,6-7,9,17H2,1H3;1H. The van der Waals surface area contributed by atoms with Crippen LogP contribution in [0.1, 0.15) is 21.7 Å². The van der Waals surface area contributed by atoms with Crippen LogP contribution in [0.2, 0.25) is 0 Å². The number of carbonyl (C=O) groups excluding carboxylic acids is 1.